The lowest BCUT2D eigenvalue weighted by atomic mass is 10.0. The van der Waals surface area contributed by atoms with Gasteiger partial charge in [0.1, 0.15) is 10.6 Å². The van der Waals surface area contributed by atoms with Crippen molar-refractivity contribution in [1.82, 2.24) is 9.59 Å². The van der Waals surface area contributed by atoms with Gasteiger partial charge in [0, 0.05) is 14.8 Å². The van der Waals surface area contributed by atoms with Crippen LogP contribution in [0.1, 0.15) is 15.4 Å². The van der Waals surface area contributed by atoms with E-state index in [-0.39, 0.29) is 11.7 Å². The Labute approximate surface area is 165 Å². The summed E-state index contributed by atoms with van der Waals surface area (Å²) < 4.78 is 34.4. The fourth-order valence-electron chi connectivity index (χ4n) is 2.29. The largest absolute Gasteiger partial charge is 0.434 e. The predicted octanol–water partition coefficient (Wildman–Crippen LogP) is 4.97. The van der Waals surface area contributed by atoms with Crippen LogP contribution in [0.15, 0.2) is 42.5 Å². The Kier molecular flexibility index (Phi) is 5.77. The van der Waals surface area contributed by atoms with Gasteiger partial charge in [0.05, 0.1) is 5.69 Å². The highest BCUT2D eigenvalue weighted by atomic mass is 127. The first-order valence-electron chi connectivity index (χ1n) is 7.39. The van der Waals surface area contributed by atoms with Crippen LogP contribution in [0.2, 0.25) is 0 Å². The van der Waals surface area contributed by atoms with Crippen LogP contribution in [0.3, 0.4) is 0 Å². The molecule has 1 aromatic heterocycles. The first-order chi connectivity index (χ1) is 12.4. The number of benzene rings is 2. The van der Waals surface area contributed by atoms with E-state index >= 15 is 0 Å². The number of anilines is 1. The number of carbonyl (C=O) groups is 1. The molecule has 1 N–H and O–H groups in total. The van der Waals surface area contributed by atoms with E-state index in [9.17, 15) is 13.6 Å². The Morgan fingerprint density at radius 3 is 2.58 bits per heavy atom. The second-order valence-electron chi connectivity index (χ2n) is 5.24. The maximum absolute atomic E-state index is 12.6. The second kappa shape index (κ2) is 8.04. The highest BCUT2D eigenvalue weighted by Gasteiger charge is 2.14. The van der Waals surface area contributed by atoms with Crippen molar-refractivity contribution in [2.75, 3.05) is 5.32 Å². The van der Waals surface area contributed by atoms with Crippen molar-refractivity contribution in [3.8, 4) is 16.9 Å². The summed E-state index contributed by atoms with van der Waals surface area (Å²) in [5.41, 5.74) is 2.40. The normalized spacial score (nSPS) is 10.8. The van der Waals surface area contributed by atoms with Gasteiger partial charge in [-0.1, -0.05) is 16.6 Å². The van der Waals surface area contributed by atoms with Crippen molar-refractivity contribution in [1.29, 1.82) is 0 Å². The summed E-state index contributed by atoms with van der Waals surface area (Å²) >= 11 is 3.13. The molecule has 0 unspecified atom stereocenters. The van der Waals surface area contributed by atoms with E-state index < -0.39 is 6.61 Å². The van der Waals surface area contributed by atoms with E-state index in [4.69, 9.17) is 0 Å². The molecule has 1 heterocycles. The molecule has 1 amide bonds. The number of nitrogens with zero attached hydrogens (tertiary/aromatic N) is 2. The highest BCUT2D eigenvalue weighted by molar-refractivity contribution is 14.1. The molecule has 5 nitrogen and oxygen atoms in total. The lowest BCUT2D eigenvalue weighted by Crippen LogP contribution is -2.11. The Balaban J connectivity index is 1.83. The zero-order valence-corrected chi connectivity index (χ0v) is 16.3. The second-order valence-corrected chi connectivity index (χ2v) is 7.24. The zero-order valence-electron chi connectivity index (χ0n) is 13.4. The Morgan fingerprint density at radius 1 is 1.23 bits per heavy atom. The van der Waals surface area contributed by atoms with Crippen LogP contribution in [-0.2, 0) is 0 Å². The maximum atomic E-state index is 12.6. The fourth-order valence-corrected chi connectivity index (χ4v) is 3.33. The molecule has 9 heteroatoms. The molecule has 0 spiro atoms. The van der Waals surface area contributed by atoms with Crippen LogP contribution in [0.4, 0.5) is 14.5 Å². The van der Waals surface area contributed by atoms with Gasteiger partial charge in [-0.25, -0.2) is 0 Å². The van der Waals surface area contributed by atoms with Gasteiger partial charge >= 0.3 is 6.61 Å². The minimum absolute atomic E-state index is 0.101. The molecule has 0 saturated carbocycles. The van der Waals surface area contributed by atoms with E-state index in [2.05, 4.69) is 42.2 Å². The minimum Gasteiger partial charge on any atom is -0.434 e. The SMILES string of the molecule is Cc1nnsc1C(=O)Nc1ccc(-c2cc(I)ccc2OC(F)F)cc1. The molecule has 0 bridgehead atoms. The van der Waals surface area contributed by atoms with Gasteiger partial charge in [-0.2, -0.15) is 8.78 Å². The third-order valence-electron chi connectivity index (χ3n) is 3.47. The fraction of sp³-hybridized carbons (Fsp3) is 0.118. The Bertz CT molecular complexity index is 932. The molecule has 3 rings (SSSR count). The zero-order chi connectivity index (χ0) is 18.7. The van der Waals surface area contributed by atoms with Gasteiger partial charge in [-0.15, -0.1) is 5.10 Å². The molecule has 0 saturated heterocycles. The molecular formula is C17H12F2IN3O2S. The summed E-state index contributed by atoms with van der Waals surface area (Å²) in [7, 11) is 0. The lowest BCUT2D eigenvalue weighted by Gasteiger charge is -2.12. The third kappa shape index (κ3) is 4.33. The highest BCUT2D eigenvalue weighted by Crippen LogP contribution is 2.33. The average Bonchev–Trinajstić information content (AvgIpc) is 3.03. The van der Waals surface area contributed by atoms with Gasteiger partial charge in [-0.3, -0.25) is 4.79 Å². The van der Waals surface area contributed by atoms with Crippen LogP contribution >= 0.6 is 34.1 Å². The van der Waals surface area contributed by atoms with Gasteiger partial charge < -0.3 is 10.1 Å². The van der Waals surface area contributed by atoms with Gasteiger partial charge in [0.2, 0.25) is 0 Å². The number of aromatic nitrogens is 2. The Morgan fingerprint density at radius 2 is 1.96 bits per heavy atom. The monoisotopic (exact) mass is 487 g/mol. The lowest BCUT2D eigenvalue weighted by molar-refractivity contribution is -0.0494. The summed E-state index contributed by atoms with van der Waals surface area (Å²) in [5, 5.41) is 6.57. The van der Waals surface area contributed by atoms with E-state index in [0.29, 0.717) is 27.4 Å². The van der Waals surface area contributed by atoms with Gasteiger partial charge in [-0.05, 0) is 76.9 Å². The standard InChI is InChI=1S/C17H12F2IN3O2S/c1-9-15(26-23-22-9)16(24)21-12-5-2-10(3-6-12)13-8-11(20)4-7-14(13)25-17(18)19/h2-8,17H,1H3,(H,21,24). The molecule has 3 aromatic rings. The van der Waals surface area contributed by atoms with Crippen LogP contribution in [0.5, 0.6) is 5.75 Å². The van der Waals surface area contributed by atoms with Crippen molar-refractivity contribution < 1.29 is 18.3 Å². The van der Waals surface area contributed by atoms with Gasteiger partial charge in [0.25, 0.3) is 5.91 Å². The minimum atomic E-state index is -2.90. The summed E-state index contributed by atoms with van der Waals surface area (Å²) in [5.74, 6) is -0.190. The van der Waals surface area contributed by atoms with E-state index in [1.165, 1.54) is 6.07 Å². The number of halogens is 3. The molecule has 0 atom stereocenters. The Hall–Kier alpha value is -2.14. The number of aryl methyl sites for hydroxylation is 1. The number of hydrogen-bond donors (Lipinski definition) is 1. The third-order valence-corrected chi connectivity index (χ3v) is 4.97. The first kappa shape index (κ1) is 18.6. The average molecular weight is 487 g/mol. The number of amides is 1. The summed E-state index contributed by atoms with van der Waals surface area (Å²) in [6.45, 7) is -1.19. The van der Waals surface area contributed by atoms with Gasteiger partial charge in [0.15, 0.2) is 0 Å². The van der Waals surface area contributed by atoms with E-state index in [1.807, 2.05) is 0 Å². The molecular weight excluding hydrogens is 475 g/mol. The first-order valence-corrected chi connectivity index (χ1v) is 9.24. The number of carbonyl (C=O) groups excluding carboxylic acids is 1. The van der Waals surface area contributed by atoms with Crippen LogP contribution in [0.25, 0.3) is 11.1 Å². The number of hydrogen-bond acceptors (Lipinski definition) is 5. The van der Waals surface area contributed by atoms with Crippen molar-refractivity contribution in [3.05, 3.63) is 56.6 Å². The van der Waals surface area contributed by atoms with E-state index in [1.54, 1.807) is 43.3 Å². The predicted molar refractivity (Wildman–Crippen MR) is 104 cm³/mol. The quantitative estimate of drug-likeness (QED) is 0.517. The number of alkyl halides is 2. The van der Waals surface area contributed by atoms with Crippen LogP contribution < -0.4 is 10.1 Å². The number of rotatable bonds is 5. The van der Waals surface area contributed by atoms with Crippen molar-refractivity contribution >= 4 is 45.7 Å². The molecule has 0 radical (unpaired) electrons. The summed E-state index contributed by atoms with van der Waals surface area (Å²) in [6, 6.07) is 11.8. The van der Waals surface area contributed by atoms with Crippen molar-refractivity contribution in [2.45, 2.75) is 13.5 Å². The topological polar surface area (TPSA) is 64.1 Å². The van der Waals surface area contributed by atoms with Crippen LogP contribution in [-0.4, -0.2) is 22.1 Å². The molecule has 0 fully saturated rings. The molecule has 0 aliphatic carbocycles. The molecule has 0 aliphatic heterocycles. The number of ether oxygens (including phenoxy) is 1. The van der Waals surface area contributed by atoms with Crippen LogP contribution in [0, 0.1) is 10.5 Å². The summed E-state index contributed by atoms with van der Waals surface area (Å²) in [4.78, 5) is 12.6. The number of nitrogens with one attached hydrogen (secondary N) is 1. The summed E-state index contributed by atoms with van der Waals surface area (Å²) in [6.07, 6.45) is 0. The van der Waals surface area contributed by atoms with E-state index in [0.717, 1.165) is 15.1 Å². The van der Waals surface area contributed by atoms with Crippen molar-refractivity contribution in [2.24, 2.45) is 0 Å². The smallest absolute Gasteiger partial charge is 0.387 e. The molecule has 0 aliphatic rings. The maximum Gasteiger partial charge on any atom is 0.387 e. The van der Waals surface area contributed by atoms with Crippen molar-refractivity contribution in [3.63, 3.8) is 0 Å². The molecule has 134 valence electrons. The molecule has 2 aromatic carbocycles. The molecule has 26 heavy (non-hydrogen) atoms.